The Labute approximate surface area is 77.2 Å². The molecule has 0 aromatic carbocycles. The van der Waals surface area contributed by atoms with Crippen LogP contribution in [0.25, 0.3) is 0 Å². The SMILES string of the molecule is CCCCCC.b1ccccc1. The summed E-state index contributed by atoms with van der Waals surface area (Å²) in [7, 11) is 0. The van der Waals surface area contributed by atoms with E-state index in [0.717, 1.165) is 0 Å². The molecule has 1 aromatic rings. The molecule has 0 radical (unpaired) electrons. The molecule has 0 aliphatic rings. The van der Waals surface area contributed by atoms with Crippen molar-refractivity contribution in [3.8, 4) is 0 Å². The third-order valence-electron chi connectivity index (χ3n) is 1.62. The molecule has 0 N–H and O–H groups in total. The summed E-state index contributed by atoms with van der Waals surface area (Å²) in [6, 6.07) is 6.00. The van der Waals surface area contributed by atoms with E-state index in [4.69, 9.17) is 0 Å². The van der Waals surface area contributed by atoms with Crippen molar-refractivity contribution < 1.29 is 0 Å². The molecule has 0 spiro atoms. The molecule has 1 heterocycles. The third kappa shape index (κ3) is 9.41. The van der Waals surface area contributed by atoms with Gasteiger partial charge in [0.05, 0.1) is 0 Å². The predicted octanol–water partition coefficient (Wildman–Crippen LogP) is 3.61. The third-order valence-corrected chi connectivity index (χ3v) is 1.62. The molecule has 0 nitrogen and oxygen atoms in total. The molecular weight excluding hydrogens is 143 g/mol. The maximum atomic E-state index is 2.23. The van der Waals surface area contributed by atoms with Gasteiger partial charge in [-0.1, -0.05) is 39.5 Å². The van der Waals surface area contributed by atoms with Gasteiger partial charge in [0.2, 0.25) is 0 Å². The Morgan fingerprint density at radius 2 is 1.33 bits per heavy atom. The summed E-state index contributed by atoms with van der Waals surface area (Å²) in [4.78, 5) is 0. The van der Waals surface area contributed by atoms with Crippen LogP contribution in [0.1, 0.15) is 39.5 Å². The first-order valence-corrected chi connectivity index (χ1v) is 4.91. The Kier molecular flexibility index (Phi) is 9.91. The van der Waals surface area contributed by atoms with E-state index in [0.29, 0.717) is 0 Å². The summed E-state index contributed by atoms with van der Waals surface area (Å²) in [5.74, 6) is 4.00. The van der Waals surface area contributed by atoms with E-state index in [1.807, 2.05) is 37.0 Å². The Morgan fingerprint density at radius 1 is 0.833 bits per heavy atom. The zero-order valence-electron chi connectivity index (χ0n) is 8.29. The predicted molar refractivity (Wildman–Crippen MR) is 57.6 cm³/mol. The first-order valence-electron chi connectivity index (χ1n) is 4.91. The average Bonchev–Trinajstić information content (AvgIpc) is 2.18. The van der Waals surface area contributed by atoms with Crippen molar-refractivity contribution in [2.75, 3.05) is 0 Å². The van der Waals surface area contributed by atoms with Crippen LogP contribution in [-0.2, 0) is 0 Å². The fraction of sp³-hybridized carbons (Fsp3) is 0.545. The molecule has 0 unspecified atom stereocenters. The first-order chi connectivity index (χ1) is 5.91. The van der Waals surface area contributed by atoms with Gasteiger partial charge in [0.25, 0.3) is 0 Å². The Morgan fingerprint density at radius 3 is 1.50 bits per heavy atom. The summed E-state index contributed by atoms with van der Waals surface area (Å²) < 4.78 is 0. The van der Waals surface area contributed by atoms with Crippen LogP contribution in [0, 0.1) is 0 Å². The van der Waals surface area contributed by atoms with Gasteiger partial charge in [0, 0.05) is 0 Å². The van der Waals surface area contributed by atoms with Crippen molar-refractivity contribution in [2.45, 2.75) is 39.5 Å². The van der Waals surface area contributed by atoms with Gasteiger partial charge in [-0.25, -0.2) is 0 Å². The molecule has 0 aliphatic carbocycles. The van der Waals surface area contributed by atoms with E-state index < -0.39 is 0 Å². The van der Waals surface area contributed by atoms with Gasteiger partial charge in [0.1, 0.15) is 0 Å². The van der Waals surface area contributed by atoms with Gasteiger partial charge in [0.15, 0.2) is 0 Å². The van der Waals surface area contributed by atoms with Crippen molar-refractivity contribution in [1.82, 2.24) is 0 Å². The topological polar surface area (TPSA) is 0 Å². The number of unbranched alkanes of at least 4 members (excludes halogenated alkanes) is 3. The fourth-order valence-electron chi connectivity index (χ4n) is 0.885. The van der Waals surface area contributed by atoms with Crippen molar-refractivity contribution in [2.24, 2.45) is 0 Å². The Hall–Kier alpha value is -0.585. The average molecular weight is 162 g/mol. The zero-order valence-corrected chi connectivity index (χ0v) is 8.29. The second kappa shape index (κ2) is 10.4. The summed E-state index contributed by atoms with van der Waals surface area (Å²) in [6.07, 6.45) is 5.54. The van der Waals surface area contributed by atoms with Gasteiger partial charge in [-0.2, -0.15) is 0 Å². The summed E-state index contributed by atoms with van der Waals surface area (Å²) in [6.45, 7) is 6.46. The number of hydrogen-bond acceptors (Lipinski definition) is 0. The van der Waals surface area contributed by atoms with Crippen LogP contribution >= 0.6 is 0 Å². The molecule has 0 saturated carbocycles. The van der Waals surface area contributed by atoms with E-state index in [-0.39, 0.29) is 0 Å². The molecule has 0 aliphatic heterocycles. The molecule has 0 bridgehead atoms. The quantitative estimate of drug-likeness (QED) is 0.595. The monoisotopic (exact) mass is 162 g/mol. The van der Waals surface area contributed by atoms with Gasteiger partial charge in [-0.15, -0.1) is 0 Å². The maximum absolute atomic E-state index is 2.23. The summed E-state index contributed by atoms with van der Waals surface area (Å²) in [5, 5.41) is 0. The van der Waals surface area contributed by atoms with Gasteiger partial charge >= 0.3 is 37.0 Å². The van der Waals surface area contributed by atoms with Crippen LogP contribution in [0.4, 0.5) is 0 Å². The molecular formula is C11H19B. The summed E-state index contributed by atoms with van der Waals surface area (Å²) >= 11 is 0. The van der Waals surface area contributed by atoms with Crippen LogP contribution in [0.5, 0.6) is 0 Å². The molecule has 0 fully saturated rings. The second-order valence-electron chi connectivity index (χ2n) is 2.86. The van der Waals surface area contributed by atoms with E-state index in [1.165, 1.54) is 25.7 Å². The van der Waals surface area contributed by atoms with E-state index in [1.54, 1.807) is 0 Å². The van der Waals surface area contributed by atoms with Crippen LogP contribution in [-0.4, -0.2) is 6.91 Å². The standard InChI is InChI=1S/C6H14.C5H5B/c1-3-5-6-4-2;1-2-4-6-5-3-1/h3-6H2,1-2H3;1-5H. The molecule has 0 saturated heterocycles. The van der Waals surface area contributed by atoms with E-state index in [2.05, 4.69) is 13.8 Å². The zero-order chi connectivity index (χ0) is 9.07. The molecule has 66 valence electrons. The first kappa shape index (κ1) is 11.4. The van der Waals surface area contributed by atoms with Crippen molar-refractivity contribution in [3.63, 3.8) is 0 Å². The Balaban J connectivity index is 0.000000202. The molecule has 1 aromatic heterocycles. The molecule has 1 heteroatoms. The van der Waals surface area contributed by atoms with Crippen LogP contribution in [0.2, 0.25) is 0 Å². The molecule has 1 rings (SSSR count). The molecule has 0 atom stereocenters. The van der Waals surface area contributed by atoms with Gasteiger partial charge in [-0.05, 0) is 0 Å². The number of hydrogen-bond donors (Lipinski definition) is 0. The van der Waals surface area contributed by atoms with Gasteiger partial charge in [-0.3, -0.25) is 0 Å². The van der Waals surface area contributed by atoms with Crippen molar-refractivity contribution >= 4 is 6.91 Å². The van der Waals surface area contributed by atoms with E-state index in [9.17, 15) is 0 Å². The minimum absolute atomic E-state index is 1.36. The van der Waals surface area contributed by atoms with Crippen LogP contribution in [0.3, 0.4) is 0 Å². The molecule has 12 heavy (non-hydrogen) atoms. The number of rotatable bonds is 3. The van der Waals surface area contributed by atoms with Gasteiger partial charge < -0.3 is 0 Å². The normalized spacial score (nSPS) is 8.17. The van der Waals surface area contributed by atoms with Crippen molar-refractivity contribution in [3.05, 3.63) is 30.1 Å². The second-order valence-corrected chi connectivity index (χ2v) is 2.86. The van der Waals surface area contributed by atoms with Crippen LogP contribution in [0.15, 0.2) is 30.1 Å². The van der Waals surface area contributed by atoms with Crippen LogP contribution < -0.4 is 0 Å². The van der Waals surface area contributed by atoms with E-state index >= 15 is 0 Å². The Bertz CT molecular complexity index is 118. The minimum atomic E-state index is 1.36. The van der Waals surface area contributed by atoms with Crippen molar-refractivity contribution in [1.29, 1.82) is 0 Å². The molecule has 0 amide bonds. The fourth-order valence-corrected chi connectivity index (χ4v) is 0.885. The summed E-state index contributed by atoms with van der Waals surface area (Å²) in [5.41, 5.74) is 0.